The van der Waals surface area contributed by atoms with Crippen LogP contribution in [0.15, 0.2) is 35.1 Å². The van der Waals surface area contributed by atoms with Crippen LogP contribution >= 0.6 is 0 Å². The summed E-state index contributed by atoms with van der Waals surface area (Å²) < 4.78 is 9.59. The number of pyridine rings is 1. The second-order valence-corrected chi connectivity index (χ2v) is 12.7. The number of rotatable bonds is 10. The summed E-state index contributed by atoms with van der Waals surface area (Å²) >= 11 is 0. The molecule has 1 saturated carbocycles. The molecule has 2 N–H and O–H groups in total. The van der Waals surface area contributed by atoms with Gasteiger partial charge >= 0.3 is 11.7 Å². The zero-order valence-corrected chi connectivity index (χ0v) is 25.2. The molecule has 1 aromatic carbocycles. The molecule has 9 nitrogen and oxygen atoms in total. The van der Waals surface area contributed by atoms with Gasteiger partial charge in [-0.05, 0) is 96.9 Å². The predicted octanol–water partition coefficient (Wildman–Crippen LogP) is 4.87. The highest BCUT2D eigenvalue weighted by atomic mass is 16.5. The molecule has 2 aromatic heterocycles. The molecule has 1 unspecified atom stereocenters. The molecule has 0 bridgehead atoms. The molecule has 5 rings (SSSR count). The average molecular weight is 564 g/mol. The Labute approximate surface area is 242 Å². The zero-order chi connectivity index (χ0) is 29.3. The van der Waals surface area contributed by atoms with Crippen molar-refractivity contribution in [1.82, 2.24) is 19.0 Å². The van der Waals surface area contributed by atoms with E-state index in [0.29, 0.717) is 17.7 Å². The van der Waals surface area contributed by atoms with Gasteiger partial charge < -0.3 is 15.2 Å². The molecular weight excluding hydrogens is 518 g/mol. The van der Waals surface area contributed by atoms with Gasteiger partial charge in [0.05, 0.1) is 17.1 Å². The first-order valence-electron chi connectivity index (χ1n) is 15.1. The van der Waals surface area contributed by atoms with Crippen LogP contribution in [0.5, 0.6) is 0 Å². The predicted molar refractivity (Wildman–Crippen MR) is 162 cm³/mol. The van der Waals surface area contributed by atoms with E-state index in [1.54, 1.807) is 16.2 Å². The molecule has 41 heavy (non-hydrogen) atoms. The number of nitrogens with zero attached hydrogens (tertiary/aromatic N) is 4. The van der Waals surface area contributed by atoms with Gasteiger partial charge in [-0.3, -0.25) is 18.8 Å². The molecule has 1 fully saturated rings. The normalized spacial score (nSPS) is 19.9. The molecular formula is C32H45N5O4. The summed E-state index contributed by atoms with van der Waals surface area (Å²) in [5, 5.41) is 13.8. The van der Waals surface area contributed by atoms with E-state index in [1.807, 2.05) is 50.9 Å². The number of hydrogen-bond donors (Lipinski definition) is 2. The minimum atomic E-state index is -0.911. The Hall–Kier alpha value is -3.17. The number of carboxylic acid groups (broad SMARTS) is 1. The van der Waals surface area contributed by atoms with Crippen LogP contribution in [0, 0.1) is 0 Å². The number of nitrogens with one attached hydrogen (secondary N) is 1. The van der Waals surface area contributed by atoms with E-state index in [-0.39, 0.29) is 17.8 Å². The second kappa shape index (κ2) is 12.0. The van der Waals surface area contributed by atoms with Gasteiger partial charge in [-0.15, -0.1) is 0 Å². The molecule has 3 aromatic rings. The number of hydrogen-bond acceptors (Lipinski definition) is 6. The Morgan fingerprint density at radius 3 is 2.78 bits per heavy atom. The van der Waals surface area contributed by atoms with Crippen LogP contribution in [-0.2, 0) is 35.0 Å². The molecule has 0 saturated heterocycles. The van der Waals surface area contributed by atoms with Gasteiger partial charge in [-0.2, -0.15) is 0 Å². The maximum absolute atomic E-state index is 13.2. The van der Waals surface area contributed by atoms with E-state index in [2.05, 4.69) is 17.4 Å². The van der Waals surface area contributed by atoms with Gasteiger partial charge in [0.2, 0.25) is 0 Å². The number of likely N-dealkylation sites (N-methyl/N-ethyl adjacent to an activating group) is 1. The van der Waals surface area contributed by atoms with Crippen LogP contribution in [0.25, 0.3) is 11.0 Å². The fourth-order valence-electron chi connectivity index (χ4n) is 6.65. The van der Waals surface area contributed by atoms with Crippen LogP contribution in [0.4, 0.5) is 5.82 Å². The van der Waals surface area contributed by atoms with Gasteiger partial charge in [0.15, 0.2) is 0 Å². The van der Waals surface area contributed by atoms with E-state index in [1.165, 1.54) is 12.0 Å². The smallest absolute Gasteiger partial charge is 0.329 e. The Morgan fingerprint density at radius 2 is 2.02 bits per heavy atom. The van der Waals surface area contributed by atoms with Crippen LogP contribution in [-0.4, -0.2) is 62.4 Å². The number of anilines is 1. The molecule has 0 spiro atoms. The Balaban J connectivity index is 1.19. The van der Waals surface area contributed by atoms with E-state index in [0.717, 1.165) is 68.5 Å². The van der Waals surface area contributed by atoms with Crippen molar-refractivity contribution in [2.75, 3.05) is 25.5 Å². The summed E-state index contributed by atoms with van der Waals surface area (Å²) in [5.41, 5.74) is 3.97. The Kier molecular flexibility index (Phi) is 8.57. The third-order valence-corrected chi connectivity index (χ3v) is 8.77. The van der Waals surface area contributed by atoms with Crippen molar-refractivity contribution >= 4 is 22.8 Å². The second-order valence-electron chi connectivity index (χ2n) is 12.7. The zero-order valence-electron chi connectivity index (χ0n) is 25.2. The third kappa shape index (κ3) is 6.06. The number of carboxylic acids is 1. The molecule has 0 radical (unpaired) electrons. The third-order valence-electron chi connectivity index (χ3n) is 8.77. The summed E-state index contributed by atoms with van der Waals surface area (Å²) in [5.74, 6) is 0.141. The topological polar surface area (TPSA) is 102 Å². The lowest BCUT2D eigenvalue weighted by Gasteiger charge is -2.31. The van der Waals surface area contributed by atoms with Crippen molar-refractivity contribution in [3.05, 3.63) is 57.6 Å². The minimum Gasteiger partial charge on any atom is -0.480 e. The maximum Gasteiger partial charge on any atom is 0.329 e. The fraction of sp³-hybridized carbons (Fsp3) is 0.594. The molecule has 2 aliphatic rings. The molecule has 3 heterocycles. The summed E-state index contributed by atoms with van der Waals surface area (Å²) in [6.45, 7) is 7.67. The van der Waals surface area contributed by atoms with Crippen molar-refractivity contribution in [2.45, 2.75) is 95.9 Å². The summed E-state index contributed by atoms with van der Waals surface area (Å²) in [4.78, 5) is 32.6. The fourth-order valence-corrected chi connectivity index (χ4v) is 6.65. The highest BCUT2D eigenvalue weighted by Crippen LogP contribution is 2.35. The number of aliphatic carboxylic acids is 1. The van der Waals surface area contributed by atoms with E-state index < -0.39 is 17.6 Å². The molecule has 0 amide bonds. The standard InChI is InChI=1S/C32H45N5O4/c1-32(2,3)37-26-13-8-12-25(27(26)36(5)31(37)40)28(30(38)39)35(4)23-16-17-24(20-23)41-19-7-6-11-22-15-14-21-10-9-18-33-29(21)34-22/h8,12-15,23-24,28H,6-7,9-11,16-20H2,1-5H3,(H,33,34)(H,38,39)/t23-,24-,28?/m0/s1. The van der Waals surface area contributed by atoms with Crippen molar-refractivity contribution in [3.63, 3.8) is 0 Å². The first-order valence-corrected chi connectivity index (χ1v) is 15.1. The van der Waals surface area contributed by atoms with Gasteiger partial charge in [0, 0.05) is 43.0 Å². The van der Waals surface area contributed by atoms with Crippen molar-refractivity contribution in [2.24, 2.45) is 7.05 Å². The van der Waals surface area contributed by atoms with E-state index in [4.69, 9.17) is 9.72 Å². The largest absolute Gasteiger partial charge is 0.480 e. The lowest BCUT2D eigenvalue weighted by Crippen LogP contribution is -2.38. The number of unbranched alkanes of at least 4 members (excludes halogenated alkanes) is 1. The summed E-state index contributed by atoms with van der Waals surface area (Å²) in [6, 6.07) is 9.20. The van der Waals surface area contributed by atoms with Gasteiger partial charge in [-0.1, -0.05) is 18.2 Å². The first-order chi connectivity index (χ1) is 19.6. The SMILES string of the molecule is CN(C(C(=O)O)c1cccc2c1n(C)c(=O)n2C(C)(C)C)[C@H]1CC[C@H](OCCCCc2ccc3c(n2)NCCC3)C1. The van der Waals surface area contributed by atoms with Crippen molar-refractivity contribution < 1.29 is 14.6 Å². The van der Waals surface area contributed by atoms with Crippen LogP contribution in [0.3, 0.4) is 0 Å². The monoisotopic (exact) mass is 563 g/mol. The minimum absolute atomic E-state index is 0.0882. The van der Waals surface area contributed by atoms with Gasteiger partial charge in [0.1, 0.15) is 11.9 Å². The van der Waals surface area contributed by atoms with Gasteiger partial charge in [-0.25, -0.2) is 9.78 Å². The van der Waals surface area contributed by atoms with Crippen molar-refractivity contribution in [3.8, 4) is 0 Å². The number of fused-ring (bicyclic) bond motifs is 2. The molecule has 9 heteroatoms. The molecule has 1 aliphatic carbocycles. The number of benzene rings is 1. The van der Waals surface area contributed by atoms with E-state index >= 15 is 0 Å². The average Bonchev–Trinajstić information content (AvgIpc) is 3.51. The maximum atomic E-state index is 13.2. The molecule has 3 atom stereocenters. The first kappa shape index (κ1) is 29.3. The van der Waals surface area contributed by atoms with E-state index in [9.17, 15) is 14.7 Å². The van der Waals surface area contributed by atoms with Gasteiger partial charge in [0.25, 0.3) is 0 Å². The summed E-state index contributed by atoms with van der Waals surface area (Å²) in [7, 11) is 3.62. The number of imidazole rings is 1. The van der Waals surface area contributed by atoms with Crippen LogP contribution in [0.1, 0.15) is 82.2 Å². The highest BCUT2D eigenvalue weighted by molar-refractivity contribution is 5.87. The number of carbonyl (C=O) groups is 1. The molecule has 222 valence electrons. The summed E-state index contributed by atoms with van der Waals surface area (Å²) in [6.07, 6.45) is 7.96. The lowest BCUT2D eigenvalue weighted by atomic mass is 10.0. The Morgan fingerprint density at radius 1 is 1.22 bits per heavy atom. The Bertz CT molecular complexity index is 1450. The van der Waals surface area contributed by atoms with Crippen LogP contribution in [0.2, 0.25) is 0 Å². The molecule has 1 aliphatic heterocycles. The quantitative estimate of drug-likeness (QED) is 0.340. The number of aryl methyl sites for hydroxylation is 3. The number of ether oxygens (including phenoxy) is 1. The highest BCUT2D eigenvalue weighted by Gasteiger charge is 2.37. The number of aromatic nitrogens is 3. The van der Waals surface area contributed by atoms with Crippen molar-refractivity contribution in [1.29, 1.82) is 0 Å². The van der Waals surface area contributed by atoms with Crippen LogP contribution < -0.4 is 11.0 Å². The number of para-hydroxylation sites is 1. The lowest BCUT2D eigenvalue weighted by molar-refractivity contribution is -0.144.